The van der Waals surface area contributed by atoms with Gasteiger partial charge in [0.25, 0.3) is 0 Å². The van der Waals surface area contributed by atoms with E-state index in [9.17, 15) is 13.2 Å². The first-order valence-electron chi connectivity index (χ1n) is 10.8. The fourth-order valence-corrected chi connectivity index (χ4v) is 6.05. The molecule has 6 nitrogen and oxygen atoms in total. The Kier molecular flexibility index (Phi) is 7.35. The number of likely N-dealkylation sites (N-methyl/N-ethyl adjacent to an activating group) is 1. The Hall–Kier alpha value is -1.44. The smallest absolute Gasteiger partial charge is 0.243 e. The van der Waals surface area contributed by atoms with E-state index in [1.165, 1.54) is 19.3 Å². The van der Waals surface area contributed by atoms with Gasteiger partial charge in [-0.2, -0.15) is 4.31 Å². The molecular formula is C22H35N3O3S. The van der Waals surface area contributed by atoms with Gasteiger partial charge in [0.2, 0.25) is 15.9 Å². The highest BCUT2D eigenvalue weighted by atomic mass is 32.2. The third-order valence-electron chi connectivity index (χ3n) is 6.17. The molecule has 0 unspecified atom stereocenters. The van der Waals surface area contributed by atoms with Crippen LogP contribution in [-0.2, 0) is 21.2 Å². The Labute approximate surface area is 175 Å². The molecule has 7 heteroatoms. The second-order valence-corrected chi connectivity index (χ2v) is 10.7. The van der Waals surface area contributed by atoms with Crippen molar-refractivity contribution in [3.63, 3.8) is 0 Å². The first-order valence-corrected chi connectivity index (χ1v) is 12.3. The number of hydrogen-bond donors (Lipinski definition) is 0. The van der Waals surface area contributed by atoms with Gasteiger partial charge in [0.05, 0.1) is 4.90 Å². The fourth-order valence-electron chi connectivity index (χ4n) is 4.49. The second kappa shape index (κ2) is 9.58. The maximum Gasteiger partial charge on any atom is 0.243 e. The van der Waals surface area contributed by atoms with Crippen molar-refractivity contribution in [3.8, 4) is 0 Å². The number of amides is 1. The molecule has 0 atom stereocenters. The number of aryl methyl sites for hydroxylation is 1. The highest BCUT2D eigenvalue weighted by molar-refractivity contribution is 7.89. The third-order valence-corrected chi connectivity index (χ3v) is 8.03. The van der Waals surface area contributed by atoms with Gasteiger partial charge in [-0.1, -0.05) is 19.3 Å². The molecule has 3 rings (SSSR count). The average molecular weight is 422 g/mol. The Bertz CT molecular complexity index is 817. The molecule has 1 aromatic carbocycles. The summed E-state index contributed by atoms with van der Waals surface area (Å²) in [6.07, 6.45) is 7.57. The lowest BCUT2D eigenvalue weighted by Crippen LogP contribution is -2.40. The van der Waals surface area contributed by atoms with Crippen molar-refractivity contribution in [1.29, 1.82) is 0 Å². The summed E-state index contributed by atoms with van der Waals surface area (Å²) in [6.45, 7) is 4.07. The summed E-state index contributed by atoms with van der Waals surface area (Å²) >= 11 is 0. The van der Waals surface area contributed by atoms with Crippen LogP contribution >= 0.6 is 0 Å². The van der Waals surface area contributed by atoms with Crippen molar-refractivity contribution in [2.45, 2.75) is 56.8 Å². The number of fused-ring (bicyclic) bond motifs is 1. The minimum absolute atomic E-state index is 0.00599. The summed E-state index contributed by atoms with van der Waals surface area (Å²) in [6, 6.07) is 5.29. The number of carbonyl (C=O) groups is 1. The van der Waals surface area contributed by atoms with Gasteiger partial charge in [0, 0.05) is 38.8 Å². The Morgan fingerprint density at radius 2 is 1.83 bits per heavy atom. The number of nitrogens with zero attached hydrogens (tertiary/aromatic N) is 3. The predicted molar refractivity (Wildman–Crippen MR) is 117 cm³/mol. The average Bonchev–Trinajstić information content (AvgIpc) is 2.70. The summed E-state index contributed by atoms with van der Waals surface area (Å²) in [7, 11) is 0.382. The van der Waals surface area contributed by atoms with Crippen LogP contribution in [-0.4, -0.2) is 63.8 Å². The van der Waals surface area contributed by atoms with E-state index in [2.05, 4.69) is 0 Å². The molecule has 1 amide bonds. The lowest BCUT2D eigenvalue weighted by atomic mass is 9.89. The molecular weight excluding hydrogens is 386 g/mol. The van der Waals surface area contributed by atoms with Crippen LogP contribution in [0.25, 0.3) is 0 Å². The summed E-state index contributed by atoms with van der Waals surface area (Å²) < 4.78 is 28.8. The van der Waals surface area contributed by atoms with Crippen molar-refractivity contribution < 1.29 is 13.2 Å². The Balaban J connectivity index is 1.87. The molecule has 0 saturated heterocycles. The van der Waals surface area contributed by atoms with Gasteiger partial charge in [-0.15, -0.1) is 0 Å². The predicted octanol–water partition coefficient (Wildman–Crippen LogP) is 3.12. The van der Waals surface area contributed by atoms with Gasteiger partial charge in [-0.3, -0.25) is 4.79 Å². The van der Waals surface area contributed by atoms with Crippen LogP contribution in [0.1, 0.15) is 51.0 Å². The summed E-state index contributed by atoms with van der Waals surface area (Å²) in [4.78, 5) is 16.1. The minimum atomic E-state index is -3.56. The lowest BCUT2D eigenvalue weighted by molar-refractivity contribution is -0.116. The molecule has 0 radical (unpaired) electrons. The fraction of sp³-hybridized carbons (Fsp3) is 0.682. The highest BCUT2D eigenvalue weighted by Crippen LogP contribution is 2.32. The molecule has 0 spiro atoms. The number of anilines is 1. The number of carbonyl (C=O) groups excluding carboxylic acids is 1. The van der Waals surface area contributed by atoms with E-state index in [1.807, 2.05) is 25.1 Å². The molecule has 0 bridgehead atoms. The molecule has 1 aliphatic carbocycles. The van der Waals surface area contributed by atoms with Crippen molar-refractivity contribution in [1.82, 2.24) is 9.21 Å². The van der Waals surface area contributed by atoms with Crippen LogP contribution in [0.2, 0.25) is 0 Å². The van der Waals surface area contributed by atoms with Gasteiger partial charge < -0.3 is 9.80 Å². The zero-order chi connectivity index (χ0) is 21.0. The Morgan fingerprint density at radius 1 is 1.10 bits per heavy atom. The molecule has 162 valence electrons. The van der Waals surface area contributed by atoms with E-state index in [4.69, 9.17) is 0 Å². The summed E-state index contributed by atoms with van der Waals surface area (Å²) in [5.41, 5.74) is 1.81. The van der Waals surface area contributed by atoms with E-state index in [1.54, 1.807) is 28.3 Å². The van der Waals surface area contributed by atoms with Crippen molar-refractivity contribution in [2.75, 3.05) is 45.2 Å². The molecule has 29 heavy (non-hydrogen) atoms. The lowest BCUT2D eigenvalue weighted by Gasteiger charge is -2.31. The van der Waals surface area contributed by atoms with Gasteiger partial charge in [-0.05, 0) is 69.5 Å². The van der Waals surface area contributed by atoms with Crippen LogP contribution < -0.4 is 4.90 Å². The van der Waals surface area contributed by atoms with Crippen molar-refractivity contribution in [2.24, 2.45) is 5.92 Å². The summed E-state index contributed by atoms with van der Waals surface area (Å²) in [5, 5.41) is 0. The zero-order valence-electron chi connectivity index (χ0n) is 18.1. The maximum atomic E-state index is 13.5. The minimum Gasteiger partial charge on any atom is -0.312 e. The molecule has 1 saturated carbocycles. The van der Waals surface area contributed by atoms with Crippen LogP contribution in [0, 0.1) is 5.92 Å². The largest absolute Gasteiger partial charge is 0.312 e. The highest BCUT2D eigenvalue weighted by Gasteiger charge is 2.29. The quantitative estimate of drug-likeness (QED) is 0.679. The monoisotopic (exact) mass is 421 g/mol. The first-order chi connectivity index (χ1) is 13.8. The van der Waals surface area contributed by atoms with E-state index < -0.39 is 10.0 Å². The standard InChI is InChI=1S/C22H35N3O3S/c1-18(26)25-13-7-10-20-16-21(11-12-22(20)25)29(27,28)24(15-14-23(2)3)17-19-8-5-4-6-9-19/h11-12,16,19H,4-10,13-15,17H2,1-3H3. The van der Waals surface area contributed by atoms with E-state index >= 15 is 0 Å². The molecule has 1 fully saturated rings. The van der Waals surface area contributed by atoms with Crippen LogP contribution in [0.15, 0.2) is 23.1 Å². The van der Waals surface area contributed by atoms with Crippen LogP contribution in [0.5, 0.6) is 0 Å². The van der Waals surface area contributed by atoms with Gasteiger partial charge in [0.1, 0.15) is 0 Å². The van der Waals surface area contributed by atoms with Gasteiger partial charge in [0.15, 0.2) is 0 Å². The topological polar surface area (TPSA) is 60.9 Å². The summed E-state index contributed by atoms with van der Waals surface area (Å²) in [5.74, 6) is 0.456. The van der Waals surface area contributed by atoms with Crippen LogP contribution in [0.4, 0.5) is 5.69 Å². The second-order valence-electron chi connectivity index (χ2n) is 8.74. The van der Waals surface area contributed by atoms with Gasteiger partial charge in [-0.25, -0.2) is 8.42 Å². The van der Waals surface area contributed by atoms with E-state index in [0.717, 1.165) is 36.9 Å². The molecule has 1 aliphatic heterocycles. The molecule has 0 aromatic heterocycles. The zero-order valence-corrected chi connectivity index (χ0v) is 18.9. The molecule has 1 aromatic rings. The van der Waals surface area contributed by atoms with Crippen molar-refractivity contribution >= 4 is 21.6 Å². The number of hydrogen-bond acceptors (Lipinski definition) is 4. The number of benzene rings is 1. The SMILES string of the molecule is CC(=O)N1CCCc2cc(S(=O)(=O)N(CCN(C)C)CC3CCCCC3)ccc21. The molecule has 1 heterocycles. The maximum absolute atomic E-state index is 13.5. The van der Waals surface area contributed by atoms with Crippen LogP contribution in [0.3, 0.4) is 0 Å². The molecule has 2 aliphatic rings. The van der Waals surface area contributed by atoms with Crippen molar-refractivity contribution in [3.05, 3.63) is 23.8 Å². The van der Waals surface area contributed by atoms with E-state index in [0.29, 0.717) is 37.0 Å². The molecule has 0 N–H and O–H groups in total. The number of sulfonamides is 1. The Morgan fingerprint density at radius 3 is 2.48 bits per heavy atom. The normalized spacial score (nSPS) is 18.3. The number of rotatable bonds is 7. The van der Waals surface area contributed by atoms with E-state index in [-0.39, 0.29) is 5.91 Å². The first kappa shape index (κ1) is 22.2. The third kappa shape index (κ3) is 5.38. The van der Waals surface area contributed by atoms with Gasteiger partial charge >= 0.3 is 0 Å².